The van der Waals surface area contributed by atoms with Gasteiger partial charge < -0.3 is 15.2 Å². The van der Waals surface area contributed by atoms with E-state index in [2.05, 4.69) is 17.2 Å². The number of alkyl halides is 4. The predicted molar refractivity (Wildman–Crippen MR) is 107 cm³/mol. The quantitative estimate of drug-likeness (QED) is 0.393. The minimum atomic E-state index is -5.04. The first-order chi connectivity index (χ1) is 13.7. The molecule has 0 bridgehead atoms. The topological polar surface area (TPSA) is 41.5 Å². The number of hydrogen-bond donors (Lipinski definition) is 2. The number of terminal acetylenes is 1. The largest absolute Gasteiger partial charge is 0.497 e. The maximum absolute atomic E-state index is 13.8. The molecule has 0 spiro atoms. The first-order valence-electron chi connectivity index (χ1n) is 8.87. The van der Waals surface area contributed by atoms with Crippen molar-refractivity contribution in [3.05, 3.63) is 53.3 Å². The molecule has 154 valence electrons. The van der Waals surface area contributed by atoms with Gasteiger partial charge >= 0.3 is 6.18 Å². The van der Waals surface area contributed by atoms with Crippen LogP contribution in [0.5, 0.6) is 5.75 Å². The summed E-state index contributed by atoms with van der Waals surface area (Å²) in [6, 6.07) is 6.97. The van der Waals surface area contributed by atoms with E-state index in [1.54, 1.807) is 24.3 Å². The number of rotatable bonds is 7. The van der Waals surface area contributed by atoms with Gasteiger partial charge in [0.25, 0.3) is 0 Å². The van der Waals surface area contributed by atoms with E-state index in [-0.39, 0.29) is 24.0 Å². The van der Waals surface area contributed by atoms with Crippen molar-refractivity contribution in [2.24, 2.45) is 5.92 Å². The molecule has 1 aliphatic rings. The molecule has 1 saturated carbocycles. The van der Waals surface area contributed by atoms with Crippen molar-refractivity contribution in [2.75, 3.05) is 13.0 Å². The van der Waals surface area contributed by atoms with E-state index in [1.165, 1.54) is 7.11 Å². The molecule has 0 heterocycles. The highest BCUT2D eigenvalue weighted by atomic mass is 35.5. The highest BCUT2D eigenvalue weighted by Crippen LogP contribution is 2.39. The summed E-state index contributed by atoms with van der Waals surface area (Å²) in [5.74, 6) is 6.99. The van der Waals surface area contributed by atoms with Crippen LogP contribution in [-0.4, -0.2) is 29.9 Å². The second kappa shape index (κ2) is 9.78. The van der Waals surface area contributed by atoms with Crippen molar-refractivity contribution in [3.8, 4) is 29.9 Å². The van der Waals surface area contributed by atoms with Crippen molar-refractivity contribution >= 4 is 11.6 Å². The highest BCUT2D eigenvalue weighted by Gasteiger charge is 2.56. The lowest BCUT2D eigenvalue weighted by Gasteiger charge is -2.30. The molecule has 0 aromatic heterocycles. The van der Waals surface area contributed by atoms with Crippen molar-refractivity contribution < 1.29 is 23.0 Å². The summed E-state index contributed by atoms with van der Waals surface area (Å²) in [4.78, 5) is 0. The third kappa shape index (κ3) is 5.97. The summed E-state index contributed by atoms with van der Waals surface area (Å²) in [5, 5.41) is 13.4. The van der Waals surface area contributed by atoms with Crippen LogP contribution in [0, 0.1) is 30.1 Å². The van der Waals surface area contributed by atoms with Crippen molar-refractivity contribution in [3.63, 3.8) is 0 Å². The molecule has 1 aliphatic carbocycles. The molecule has 0 unspecified atom stereocenters. The Hall–Kier alpha value is -2.54. The molecule has 0 saturated heterocycles. The van der Waals surface area contributed by atoms with E-state index in [0.717, 1.165) is 30.6 Å². The van der Waals surface area contributed by atoms with E-state index in [4.69, 9.17) is 22.8 Å². The number of benzene rings is 1. The molecule has 0 amide bonds. The second-order valence-corrected chi connectivity index (χ2v) is 6.76. The highest BCUT2D eigenvalue weighted by molar-refractivity contribution is 6.19. The van der Waals surface area contributed by atoms with Gasteiger partial charge in [0, 0.05) is 35.7 Å². The molecule has 7 heteroatoms. The Balaban J connectivity index is 2.36. The Morgan fingerprint density at radius 2 is 2.00 bits per heavy atom. The van der Waals surface area contributed by atoms with E-state index in [0.29, 0.717) is 5.75 Å². The molecular formula is C22H21ClF3NO2. The molecular weight excluding hydrogens is 403 g/mol. The Morgan fingerprint density at radius 1 is 1.34 bits per heavy atom. The van der Waals surface area contributed by atoms with Gasteiger partial charge in [0.2, 0.25) is 5.60 Å². The molecule has 1 atom stereocenters. The van der Waals surface area contributed by atoms with Gasteiger partial charge in [0.15, 0.2) is 0 Å². The van der Waals surface area contributed by atoms with E-state index >= 15 is 0 Å². The fourth-order valence-electron chi connectivity index (χ4n) is 2.50. The molecule has 1 aromatic carbocycles. The van der Waals surface area contributed by atoms with Crippen LogP contribution in [0.15, 0.2) is 47.7 Å². The summed E-state index contributed by atoms with van der Waals surface area (Å²) >= 11 is 5.70. The number of halogens is 4. The number of hydrogen-bond acceptors (Lipinski definition) is 3. The average Bonchev–Trinajstić information content (AvgIpc) is 3.52. The summed E-state index contributed by atoms with van der Waals surface area (Å²) in [5.41, 5.74) is -3.20. The summed E-state index contributed by atoms with van der Waals surface area (Å²) in [6.07, 6.45) is 3.91. The molecule has 1 fully saturated rings. The monoisotopic (exact) mass is 423 g/mol. The van der Waals surface area contributed by atoms with Gasteiger partial charge in [-0.15, -0.1) is 18.0 Å². The molecule has 2 N–H and O–H groups in total. The van der Waals surface area contributed by atoms with E-state index in [9.17, 15) is 18.3 Å². The Labute approximate surface area is 173 Å². The zero-order valence-corrected chi connectivity index (χ0v) is 16.6. The third-order valence-corrected chi connectivity index (χ3v) is 4.43. The van der Waals surface area contributed by atoms with Crippen LogP contribution in [0.4, 0.5) is 13.2 Å². The number of aliphatic hydroxyl groups is 1. The molecule has 2 rings (SSSR count). The standard InChI is InChI=1S/C22H21ClF3NO2/c1-3-4-20(27-15-17-7-9-18(29-2)10-8-17)19(12-14-23)21(28,22(24,25)26)13-11-16-5-6-16/h1,4,7-10,12,16,27-28H,5-6,14-15H2,2H3/b19-12+,20-4+/t21-/m0/s1. The SMILES string of the molecule is C#C/C=C(NCc1ccc(OC)cc1)\C(=C/CCl)[C@@](O)(C#CC1CC1)C(F)(F)F. The number of allylic oxidation sites excluding steroid dienone is 2. The van der Waals surface area contributed by atoms with Crippen molar-refractivity contribution in [1.29, 1.82) is 0 Å². The molecule has 0 radical (unpaired) electrons. The van der Waals surface area contributed by atoms with Crippen LogP contribution < -0.4 is 10.1 Å². The zero-order valence-electron chi connectivity index (χ0n) is 15.8. The van der Waals surface area contributed by atoms with Crippen molar-refractivity contribution in [1.82, 2.24) is 5.32 Å². The minimum Gasteiger partial charge on any atom is -0.497 e. The lowest BCUT2D eigenvalue weighted by Crippen LogP contribution is -2.47. The fourth-order valence-corrected chi connectivity index (χ4v) is 2.66. The van der Waals surface area contributed by atoms with E-state index in [1.807, 2.05) is 5.92 Å². The summed E-state index contributed by atoms with van der Waals surface area (Å²) in [6.45, 7) is 0.168. The number of methoxy groups -OCH3 is 1. The van der Waals surface area contributed by atoms with Gasteiger partial charge in [0.1, 0.15) is 5.75 Å². The zero-order chi connectivity index (χ0) is 21.5. The van der Waals surface area contributed by atoms with Gasteiger partial charge in [-0.1, -0.05) is 36.0 Å². The van der Waals surface area contributed by atoms with Crippen molar-refractivity contribution in [2.45, 2.75) is 31.2 Å². The van der Waals surface area contributed by atoms with Gasteiger partial charge in [-0.25, -0.2) is 0 Å². The maximum atomic E-state index is 13.8. The second-order valence-electron chi connectivity index (χ2n) is 6.45. The van der Waals surface area contributed by atoms with Crippen LogP contribution in [0.2, 0.25) is 0 Å². The normalized spacial score (nSPS) is 16.9. The van der Waals surface area contributed by atoms with Gasteiger partial charge in [-0.05, 0) is 30.5 Å². The summed E-state index contributed by atoms with van der Waals surface area (Å²) in [7, 11) is 1.53. The summed E-state index contributed by atoms with van der Waals surface area (Å²) < 4.78 is 46.6. The van der Waals surface area contributed by atoms with Crippen LogP contribution in [-0.2, 0) is 6.54 Å². The minimum absolute atomic E-state index is 0.0751. The van der Waals surface area contributed by atoms with E-state index < -0.39 is 17.4 Å². The first kappa shape index (κ1) is 22.7. The Kier molecular flexibility index (Phi) is 7.67. The van der Waals surface area contributed by atoms with Gasteiger partial charge in [-0.3, -0.25) is 0 Å². The maximum Gasteiger partial charge on any atom is 0.433 e. The number of nitrogens with one attached hydrogen (secondary N) is 1. The lowest BCUT2D eigenvalue weighted by atomic mass is 9.89. The van der Waals surface area contributed by atoms with Crippen LogP contribution in [0.3, 0.4) is 0 Å². The molecule has 29 heavy (non-hydrogen) atoms. The molecule has 1 aromatic rings. The van der Waals surface area contributed by atoms with Gasteiger partial charge in [0.05, 0.1) is 7.11 Å². The van der Waals surface area contributed by atoms with Crippen LogP contribution in [0.1, 0.15) is 18.4 Å². The smallest absolute Gasteiger partial charge is 0.433 e. The molecule has 0 aliphatic heterocycles. The average molecular weight is 424 g/mol. The van der Waals surface area contributed by atoms with Crippen LogP contribution >= 0.6 is 11.6 Å². The first-order valence-corrected chi connectivity index (χ1v) is 9.40. The molecule has 3 nitrogen and oxygen atoms in total. The predicted octanol–water partition coefficient (Wildman–Crippen LogP) is 4.17. The van der Waals surface area contributed by atoms with Crippen LogP contribution in [0.25, 0.3) is 0 Å². The lowest BCUT2D eigenvalue weighted by molar-refractivity contribution is -0.220. The van der Waals surface area contributed by atoms with Gasteiger partial charge in [-0.2, -0.15) is 13.2 Å². The Morgan fingerprint density at radius 3 is 2.48 bits per heavy atom. The number of ether oxygens (including phenoxy) is 1. The third-order valence-electron chi connectivity index (χ3n) is 4.28. The Bertz CT molecular complexity index is 869. The fraction of sp³-hybridized carbons (Fsp3) is 0.364.